The van der Waals surface area contributed by atoms with Crippen molar-refractivity contribution < 1.29 is 31.0 Å². The van der Waals surface area contributed by atoms with Crippen LogP contribution in [0.5, 0.6) is 0 Å². The van der Waals surface area contributed by atoms with E-state index in [0.717, 1.165) is 24.1 Å². The first kappa shape index (κ1) is 16.3. The normalized spacial score (nSPS) is 18.6. The molecule has 1 aromatic carbocycles. The molecule has 0 saturated carbocycles. The Hall–Kier alpha value is -2.03. The van der Waals surface area contributed by atoms with Gasteiger partial charge in [-0.2, -0.15) is 8.42 Å². The molecule has 0 aliphatic carbocycles. The first-order chi connectivity index (χ1) is 10.2. The molecule has 1 atom stereocenters. The third kappa shape index (κ3) is 3.59. The van der Waals surface area contributed by atoms with E-state index in [-0.39, 0.29) is 24.2 Å². The van der Waals surface area contributed by atoms with Crippen LogP contribution in [-0.4, -0.2) is 39.7 Å². The monoisotopic (exact) mass is 333 g/mol. The summed E-state index contributed by atoms with van der Waals surface area (Å²) in [6.45, 7) is -0.116. The predicted octanol–water partition coefficient (Wildman–Crippen LogP) is 1.26. The van der Waals surface area contributed by atoms with Crippen LogP contribution in [0.2, 0.25) is 0 Å². The Kier molecular flexibility index (Phi) is 4.45. The van der Waals surface area contributed by atoms with Crippen molar-refractivity contribution >= 4 is 27.8 Å². The topological polar surface area (TPSA) is 80.8 Å². The molecule has 1 aliphatic heterocycles. The zero-order valence-corrected chi connectivity index (χ0v) is 12.4. The second kappa shape index (κ2) is 5.99. The average Bonchev–Trinajstić information content (AvgIpc) is 2.76. The molecule has 22 heavy (non-hydrogen) atoms. The fraction of sp³-hybridized carbons (Fsp3) is 0.385. The summed E-state index contributed by atoms with van der Waals surface area (Å²) in [7, 11) is -3.58. The molecule has 1 aromatic rings. The van der Waals surface area contributed by atoms with E-state index in [1.807, 2.05) is 0 Å². The Labute approximate surface area is 125 Å². The lowest BCUT2D eigenvalue weighted by molar-refractivity contribution is -0.117. The van der Waals surface area contributed by atoms with E-state index < -0.39 is 39.6 Å². The van der Waals surface area contributed by atoms with Crippen molar-refractivity contribution in [2.75, 3.05) is 24.3 Å². The summed E-state index contributed by atoms with van der Waals surface area (Å²) >= 11 is 0. The maximum Gasteiger partial charge on any atom is 0.339 e. The van der Waals surface area contributed by atoms with Gasteiger partial charge < -0.3 is 9.64 Å². The van der Waals surface area contributed by atoms with Gasteiger partial charge in [0.25, 0.3) is 0 Å². The van der Waals surface area contributed by atoms with Gasteiger partial charge in [0.15, 0.2) is 0 Å². The van der Waals surface area contributed by atoms with Crippen LogP contribution >= 0.6 is 0 Å². The number of anilines is 1. The minimum Gasteiger partial charge on any atom is -0.465 e. The molecular formula is C13H13F2NO5S. The van der Waals surface area contributed by atoms with Gasteiger partial charge in [-0.3, -0.25) is 4.79 Å². The summed E-state index contributed by atoms with van der Waals surface area (Å²) < 4.78 is 52.1. The molecule has 1 heterocycles. The summed E-state index contributed by atoms with van der Waals surface area (Å²) in [6, 6.07) is 3.19. The second-order valence-corrected chi connectivity index (χ2v) is 6.34. The molecule has 1 amide bonds. The molecule has 0 radical (unpaired) electrons. The fourth-order valence-corrected chi connectivity index (χ4v) is 3.20. The van der Waals surface area contributed by atoms with Crippen LogP contribution in [0.15, 0.2) is 18.2 Å². The van der Waals surface area contributed by atoms with E-state index in [9.17, 15) is 26.3 Å². The smallest absolute Gasteiger partial charge is 0.339 e. The number of methoxy groups -OCH3 is 1. The first-order valence-corrected chi connectivity index (χ1v) is 7.87. The van der Waals surface area contributed by atoms with Crippen LogP contribution in [0.25, 0.3) is 0 Å². The van der Waals surface area contributed by atoms with Gasteiger partial charge in [-0.15, -0.1) is 3.89 Å². The highest BCUT2D eigenvalue weighted by Gasteiger charge is 2.35. The molecule has 120 valence electrons. The van der Waals surface area contributed by atoms with Crippen molar-refractivity contribution in [1.82, 2.24) is 0 Å². The summed E-state index contributed by atoms with van der Waals surface area (Å²) in [5, 5.41) is 0. The number of ether oxygens (including phenoxy) is 1. The number of halogens is 2. The van der Waals surface area contributed by atoms with Gasteiger partial charge in [-0.25, -0.2) is 9.18 Å². The van der Waals surface area contributed by atoms with Gasteiger partial charge in [0, 0.05) is 18.9 Å². The zero-order valence-electron chi connectivity index (χ0n) is 11.6. The minimum atomic E-state index is -4.72. The van der Waals surface area contributed by atoms with Crippen molar-refractivity contribution in [2.24, 2.45) is 5.92 Å². The van der Waals surface area contributed by atoms with Gasteiger partial charge in [0.1, 0.15) is 5.82 Å². The molecule has 2 rings (SSSR count). The zero-order chi connectivity index (χ0) is 16.5. The molecule has 1 fully saturated rings. The molecule has 0 spiro atoms. The highest BCUT2D eigenvalue weighted by molar-refractivity contribution is 7.86. The third-order valence-electron chi connectivity index (χ3n) is 3.30. The number of amides is 1. The van der Waals surface area contributed by atoms with Crippen molar-refractivity contribution in [3.63, 3.8) is 0 Å². The van der Waals surface area contributed by atoms with Crippen LogP contribution in [-0.2, 0) is 19.8 Å². The Morgan fingerprint density at radius 1 is 1.45 bits per heavy atom. The number of hydrogen-bond acceptors (Lipinski definition) is 5. The Balaban J connectivity index is 2.34. The van der Waals surface area contributed by atoms with Crippen molar-refractivity contribution in [2.45, 2.75) is 6.42 Å². The predicted molar refractivity (Wildman–Crippen MR) is 73.1 cm³/mol. The molecule has 1 saturated heterocycles. The first-order valence-electron chi connectivity index (χ1n) is 6.32. The SMILES string of the molecule is COC(=O)c1ccc(F)cc1N1CC(CS(=O)(=O)F)CC1=O. The summed E-state index contributed by atoms with van der Waals surface area (Å²) in [4.78, 5) is 24.7. The van der Waals surface area contributed by atoms with Gasteiger partial charge >= 0.3 is 16.2 Å². The maximum absolute atomic E-state index is 13.4. The van der Waals surface area contributed by atoms with E-state index in [0.29, 0.717) is 0 Å². The molecule has 6 nitrogen and oxygen atoms in total. The van der Waals surface area contributed by atoms with Crippen molar-refractivity contribution in [3.05, 3.63) is 29.6 Å². The molecule has 0 bridgehead atoms. The molecule has 0 N–H and O–H groups in total. The largest absolute Gasteiger partial charge is 0.465 e. The van der Waals surface area contributed by atoms with Gasteiger partial charge in [0.05, 0.1) is 24.1 Å². The number of esters is 1. The van der Waals surface area contributed by atoms with Crippen LogP contribution in [0.3, 0.4) is 0 Å². The second-order valence-electron chi connectivity index (χ2n) is 4.93. The van der Waals surface area contributed by atoms with Crippen molar-refractivity contribution in [3.8, 4) is 0 Å². The van der Waals surface area contributed by atoms with E-state index in [4.69, 9.17) is 0 Å². The molecule has 1 aliphatic rings. The molecule has 0 aromatic heterocycles. The van der Waals surface area contributed by atoms with E-state index >= 15 is 0 Å². The minimum absolute atomic E-state index is 0.0180. The van der Waals surface area contributed by atoms with Crippen LogP contribution in [0.4, 0.5) is 14.0 Å². The van der Waals surface area contributed by atoms with Gasteiger partial charge in [-0.1, -0.05) is 0 Å². The number of nitrogens with zero attached hydrogens (tertiary/aromatic N) is 1. The highest BCUT2D eigenvalue weighted by Crippen LogP contribution is 2.30. The van der Waals surface area contributed by atoms with Gasteiger partial charge in [0.2, 0.25) is 5.91 Å². The number of carbonyl (C=O) groups excluding carboxylic acids is 2. The molecular weight excluding hydrogens is 320 g/mol. The Morgan fingerprint density at radius 2 is 2.14 bits per heavy atom. The standard InChI is InChI=1S/C13H13F2NO5S/c1-21-13(18)10-3-2-9(14)5-11(10)16-6-8(4-12(16)17)7-22(15,19)20/h2-3,5,8H,4,6-7H2,1H3. The van der Waals surface area contributed by atoms with Crippen molar-refractivity contribution in [1.29, 1.82) is 0 Å². The fourth-order valence-electron chi connectivity index (χ4n) is 2.42. The Bertz CT molecular complexity index is 719. The molecule has 9 heteroatoms. The average molecular weight is 333 g/mol. The summed E-state index contributed by atoms with van der Waals surface area (Å²) in [5.41, 5.74) is -0.0448. The molecule has 1 unspecified atom stereocenters. The number of carbonyl (C=O) groups is 2. The van der Waals surface area contributed by atoms with Crippen LogP contribution < -0.4 is 4.90 Å². The number of benzene rings is 1. The van der Waals surface area contributed by atoms with E-state index in [2.05, 4.69) is 4.74 Å². The van der Waals surface area contributed by atoms with Crippen LogP contribution in [0, 0.1) is 11.7 Å². The summed E-state index contributed by atoms with van der Waals surface area (Å²) in [6.07, 6.45) is -0.194. The lowest BCUT2D eigenvalue weighted by atomic mass is 10.1. The van der Waals surface area contributed by atoms with Gasteiger partial charge in [-0.05, 0) is 18.2 Å². The lowest BCUT2D eigenvalue weighted by Crippen LogP contribution is -2.27. The summed E-state index contributed by atoms with van der Waals surface area (Å²) in [5.74, 6) is -3.49. The highest BCUT2D eigenvalue weighted by atomic mass is 32.3. The number of rotatable bonds is 4. The quantitative estimate of drug-likeness (QED) is 0.612. The number of hydrogen-bond donors (Lipinski definition) is 0. The maximum atomic E-state index is 13.4. The lowest BCUT2D eigenvalue weighted by Gasteiger charge is -2.19. The van der Waals surface area contributed by atoms with Crippen LogP contribution in [0.1, 0.15) is 16.8 Å². The van der Waals surface area contributed by atoms with E-state index in [1.54, 1.807) is 0 Å². The third-order valence-corrected chi connectivity index (χ3v) is 4.17. The Morgan fingerprint density at radius 3 is 2.73 bits per heavy atom. The van der Waals surface area contributed by atoms with E-state index in [1.165, 1.54) is 6.07 Å².